The van der Waals surface area contributed by atoms with Crippen LogP contribution in [-0.2, 0) is 11.0 Å². The Morgan fingerprint density at radius 2 is 1.93 bits per heavy atom. The molecule has 0 spiro atoms. The Bertz CT molecular complexity index is 931. The number of carbonyl (C=O) groups is 1. The van der Waals surface area contributed by atoms with Gasteiger partial charge in [0.05, 0.1) is 22.4 Å². The minimum Gasteiger partial charge on any atom is -0.349 e. The second-order valence-electron chi connectivity index (χ2n) is 5.88. The monoisotopic (exact) mass is 423 g/mol. The summed E-state index contributed by atoms with van der Waals surface area (Å²) in [5.74, 6) is -0.387. The molecule has 4 nitrogen and oxygen atoms in total. The van der Waals surface area contributed by atoms with Crippen molar-refractivity contribution in [2.45, 2.75) is 24.3 Å². The third-order valence-electron chi connectivity index (χ3n) is 3.78. The summed E-state index contributed by atoms with van der Waals surface area (Å²) < 4.78 is 39.5. The predicted molar refractivity (Wildman–Crippen MR) is 104 cm³/mol. The fraction of sp³-hybridized carbons (Fsp3) is 0.211. The van der Waals surface area contributed by atoms with E-state index in [0.29, 0.717) is 4.88 Å². The van der Waals surface area contributed by atoms with Crippen molar-refractivity contribution in [3.05, 3.63) is 65.2 Å². The summed E-state index contributed by atoms with van der Waals surface area (Å²) in [6, 6.07) is 13.5. The Kier molecular flexibility index (Phi) is 6.35. The fourth-order valence-electron chi connectivity index (χ4n) is 2.42. The van der Waals surface area contributed by atoms with E-state index in [9.17, 15) is 18.0 Å². The van der Waals surface area contributed by atoms with Crippen LogP contribution in [0.25, 0.3) is 10.6 Å². The Morgan fingerprint density at radius 3 is 2.57 bits per heavy atom. The number of halogens is 3. The van der Waals surface area contributed by atoms with Crippen molar-refractivity contribution < 1.29 is 18.0 Å². The van der Waals surface area contributed by atoms with Crippen LogP contribution < -0.4 is 5.32 Å². The van der Waals surface area contributed by atoms with Gasteiger partial charge in [-0.3, -0.25) is 4.79 Å². The lowest BCUT2D eigenvalue weighted by Crippen LogP contribution is -2.28. The van der Waals surface area contributed by atoms with E-state index in [1.54, 1.807) is 17.5 Å². The third kappa shape index (κ3) is 5.32. The average molecular weight is 423 g/mol. The summed E-state index contributed by atoms with van der Waals surface area (Å²) in [5.41, 5.74) is 0.112. The van der Waals surface area contributed by atoms with Crippen LogP contribution in [0.15, 0.2) is 59.1 Å². The molecule has 3 aromatic rings. The van der Waals surface area contributed by atoms with Crippen LogP contribution in [0.1, 0.15) is 24.2 Å². The molecule has 0 radical (unpaired) electrons. The van der Waals surface area contributed by atoms with Crippen LogP contribution in [0.2, 0.25) is 0 Å². The molecule has 0 aliphatic rings. The molecule has 2 heterocycles. The Hall–Kier alpha value is -2.39. The highest BCUT2D eigenvalue weighted by molar-refractivity contribution is 7.99. The molecule has 2 aromatic heterocycles. The first-order valence-corrected chi connectivity index (χ1v) is 10.2. The highest BCUT2D eigenvalue weighted by Gasteiger charge is 2.34. The second kappa shape index (κ2) is 8.74. The number of alkyl halides is 3. The average Bonchev–Trinajstić information content (AvgIpc) is 3.21. The zero-order valence-electron chi connectivity index (χ0n) is 14.7. The van der Waals surface area contributed by atoms with Gasteiger partial charge < -0.3 is 5.32 Å². The van der Waals surface area contributed by atoms with Crippen LogP contribution in [0, 0.1) is 0 Å². The Balaban J connectivity index is 1.71. The number of benzene rings is 1. The number of thiophene rings is 1. The normalized spacial score (nSPS) is 12.6. The van der Waals surface area contributed by atoms with E-state index in [4.69, 9.17) is 0 Å². The van der Waals surface area contributed by atoms with E-state index in [1.807, 2.05) is 37.3 Å². The molecule has 0 bridgehead atoms. The number of hydrogen-bond donors (Lipinski definition) is 1. The van der Waals surface area contributed by atoms with Crippen molar-refractivity contribution in [3.63, 3.8) is 0 Å². The molecule has 0 saturated carbocycles. The molecule has 0 aliphatic heterocycles. The van der Waals surface area contributed by atoms with E-state index < -0.39 is 11.9 Å². The number of nitrogens with one attached hydrogen (secondary N) is 1. The summed E-state index contributed by atoms with van der Waals surface area (Å²) >= 11 is 2.17. The van der Waals surface area contributed by atoms with Crippen LogP contribution in [0.3, 0.4) is 0 Å². The van der Waals surface area contributed by atoms with Gasteiger partial charge in [0.25, 0.3) is 0 Å². The topological polar surface area (TPSA) is 54.9 Å². The minimum absolute atomic E-state index is 0.0810. The van der Waals surface area contributed by atoms with Crippen molar-refractivity contribution in [2.24, 2.45) is 0 Å². The van der Waals surface area contributed by atoms with Crippen LogP contribution >= 0.6 is 23.1 Å². The van der Waals surface area contributed by atoms with E-state index in [2.05, 4.69) is 15.3 Å². The number of rotatable bonds is 6. The minimum atomic E-state index is -4.59. The summed E-state index contributed by atoms with van der Waals surface area (Å²) in [5, 5.41) is 4.50. The van der Waals surface area contributed by atoms with Gasteiger partial charge in [-0.2, -0.15) is 13.2 Å². The molecular weight excluding hydrogens is 407 g/mol. The maximum Gasteiger partial charge on any atom is 0.433 e. The fourth-order valence-corrected chi connectivity index (χ4v) is 3.78. The van der Waals surface area contributed by atoms with Gasteiger partial charge in [0, 0.05) is 0 Å². The van der Waals surface area contributed by atoms with Crippen molar-refractivity contribution in [3.8, 4) is 10.6 Å². The summed E-state index contributed by atoms with van der Waals surface area (Å²) in [6.07, 6.45) is -4.59. The number of nitrogens with zero attached hydrogens (tertiary/aromatic N) is 2. The zero-order valence-corrected chi connectivity index (χ0v) is 16.4. The predicted octanol–water partition coefficient (Wildman–Crippen LogP) is 5.19. The van der Waals surface area contributed by atoms with E-state index in [0.717, 1.165) is 23.4 Å². The summed E-state index contributed by atoms with van der Waals surface area (Å²) in [6.45, 7) is 1.84. The molecule has 9 heteroatoms. The van der Waals surface area contributed by atoms with Crippen LogP contribution in [0.4, 0.5) is 13.2 Å². The van der Waals surface area contributed by atoms with E-state index in [-0.39, 0.29) is 28.6 Å². The number of thioether (sulfide) groups is 1. The van der Waals surface area contributed by atoms with Gasteiger partial charge in [-0.05, 0) is 30.0 Å². The smallest absolute Gasteiger partial charge is 0.349 e. The highest BCUT2D eigenvalue weighted by Crippen LogP contribution is 2.33. The first-order valence-electron chi connectivity index (χ1n) is 8.30. The number of carbonyl (C=O) groups excluding carboxylic acids is 1. The molecule has 0 saturated heterocycles. The van der Waals surface area contributed by atoms with Crippen molar-refractivity contribution >= 4 is 29.0 Å². The second-order valence-corrected chi connectivity index (χ2v) is 7.77. The standard InChI is InChI=1S/C19H16F3N3OS2/c1-12(13-6-3-2-4-7-13)23-17(26)11-28-18-24-14(15-8-5-9-27-15)10-16(25-18)19(20,21)22/h2-10,12H,11H2,1H3,(H,23,26). The van der Waals surface area contributed by atoms with Gasteiger partial charge in [-0.1, -0.05) is 48.2 Å². The van der Waals surface area contributed by atoms with E-state index >= 15 is 0 Å². The van der Waals surface area contributed by atoms with Gasteiger partial charge in [-0.15, -0.1) is 11.3 Å². The lowest BCUT2D eigenvalue weighted by molar-refractivity contribution is -0.141. The van der Waals surface area contributed by atoms with E-state index in [1.165, 1.54) is 11.3 Å². The van der Waals surface area contributed by atoms with Gasteiger partial charge in [0.1, 0.15) is 5.69 Å². The molecule has 1 aromatic carbocycles. The molecule has 0 aliphatic carbocycles. The summed E-state index contributed by atoms with van der Waals surface area (Å²) in [4.78, 5) is 20.6. The van der Waals surface area contributed by atoms with Crippen molar-refractivity contribution in [1.29, 1.82) is 0 Å². The highest BCUT2D eigenvalue weighted by atomic mass is 32.2. The first-order chi connectivity index (χ1) is 13.3. The maximum absolute atomic E-state index is 13.2. The molecule has 0 fully saturated rings. The maximum atomic E-state index is 13.2. The van der Waals surface area contributed by atoms with Crippen LogP contribution in [-0.4, -0.2) is 21.6 Å². The molecular formula is C19H16F3N3OS2. The van der Waals surface area contributed by atoms with Gasteiger partial charge >= 0.3 is 6.18 Å². The third-order valence-corrected chi connectivity index (χ3v) is 5.52. The zero-order chi connectivity index (χ0) is 20.1. The van der Waals surface area contributed by atoms with Gasteiger partial charge in [0.2, 0.25) is 5.91 Å². The number of hydrogen-bond acceptors (Lipinski definition) is 5. The molecule has 3 rings (SSSR count). The Morgan fingerprint density at radius 1 is 1.18 bits per heavy atom. The molecule has 28 heavy (non-hydrogen) atoms. The lowest BCUT2D eigenvalue weighted by Gasteiger charge is -2.14. The quantitative estimate of drug-likeness (QED) is 0.438. The molecule has 1 unspecified atom stereocenters. The Labute approximate surface area is 168 Å². The van der Waals surface area contributed by atoms with Crippen molar-refractivity contribution in [2.75, 3.05) is 5.75 Å². The van der Waals surface area contributed by atoms with Crippen molar-refractivity contribution in [1.82, 2.24) is 15.3 Å². The molecule has 146 valence electrons. The van der Waals surface area contributed by atoms with Gasteiger partial charge in [0.15, 0.2) is 5.16 Å². The largest absolute Gasteiger partial charge is 0.433 e. The number of aromatic nitrogens is 2. The molecule has 1 N–H and O–H groups in total. The lowest BCUT2D eigenvalue weighted by atomic mass is 10.1. The van der Waals surface area contributed by atoms with Gasteiger partial charge in [-0.25, -0.2) is 9.97 Å². The molecule has 1 amide bonds. The molecule has 1 atom stereocenters. The number of amides is 1. The SMILES string of the molecule is CC(NC(=O)CSc1nc(-c2cccs2)cc(C(F)(F)F)n1)c1ccccc1. The van der Waals surface area contributed by atoms with Crippen LogP contribution in [0.5, 0.6) is 0 Å². The summed E-state index contributed by atoms with van der Waals surface area (Å²) in [7, 11) is 0. The first kappa shape index (κ1) is 20.3.